The van der Waals surface area contributed by atoms with E-state index in [0.717, 1.165) is 12.8 Å². The van der Waals surface area contributed by atoms with E-state index in [1.54, 1.807) is 0 Å². The average Bonchev–Trinajstić information content (AvgIpc) is 2.70. The zero-order valence-electron chi connectivity index (χ0n) is 12.3. The summed E-state index contributed by atoms with van der Waals surface area (Å²) in [6.07, 6.45) is 14.1. The van der Waals surface area contributed by atoms with Crippen LogP contribution < -0.4 is 0 Å². The Balaban J connectivity index is 1.84. The zero-order chi connectivity index (χ0) is 13.9. The number of ether oxygens (including phenoxy) is 1. The zero-order valence-corrected chi connectivity index (χ0v) is 12.3. The first-order valence-electron chi connectivity index (χ1n) is 7.98. The van der Waals surface area contributed by atoms with Gasteiger partial charge in [0, 0.05) is 0 Å². The van der Waals surface area contributed by atoms with Gasteiger partial charge in [0.05, 0.1) is 12.3 Å². The van der Waals surface area contributed by atoms with Crippen LogP contribution in [-0.2, 0) is 14.3 Å². The van der Waals surface area contributed by atoms with Gasteiger partial charge in [-0.15, -0.1) is 0 Å². The average molecular weight is 268 g/mol. The molecule has 1 heterocycles. The predicted octanol–water partition coefficient (Wildman–Crippen LogP) is 4.39. The topological polar surface area (TPSA) is 43.4 Å². The molecule has 0 aromatic heterocycles. The van der Waals surface area contributed by atoms with Gasteiger partial charge in [-0.3, -0.25) is 9.59 Å². The third kappa shape index (κ3) is 7.34. The summed E-state index contributed by atoms with van der Waals surface area (Å²) < 4.78 is 4.54. The van der Waals surface area contributed by atoms with E-state index in [1.807, 2.05) is 0 Å². The van der Waals surface area contributed by atoms with Gasteiger partial charge in [-0.25, -0.2) is 0 Å². The minimum absolute atomic E-state index is 0.151. The van der Waals surface area contributed by atoms with E-state index >= 15 is 0 Å². The summed E-state index contributed by atoms with van der Waals surface area (Å²) in [5, 5.41) is 0. The maximum atomic E-state index is 11.2. The van der Waals surface area contributed by atoms with Crippen LogP contribution in [-0.4, -0.2) is 11.9 Å². The molecule has 1 aliphatic rings. The van der Waals surface area contributed by atoms with Crippen molar-refractivity contribution in [3.8, 4) is 0 Å². The third-order valence-electron chi connectivity index (χ3n) is 3.87. The van der Waals surface area contributed by atoms with Crippen LogP contribution in [0, 0.1) is 5.92 Å². The molecule has 0 spiro atoms. The van der Waals surface area contributed by atoms with Gasteiger partial charge >= 0.3 is 11.9 Å². The highest BCUT2D eigenvalue weighted by molar-refractivity contribution is 5.94. The second-order valence-corrected chi connectivity index (χ2v) is 5.66. The van der Waals surface area contributed by atoms with E-state index in [0.29, 0.717) is 6.42 Å². The maximum absolute atomic E-state index is 11.2. The Morgan fingerprint density at radius 1 is 0.895 bits per heavy atom. The molecule has 0 aromatic rings. The van der Waals surface area contributed by atoms with E-state index in [1.165, 1.54) is 57.8 Å². The lowest BCUT2D eigenvalue weighted by Gasteiger charge is -2.04. The fourth-order valence-electron chi connectivity index (χ4n) is 2.62. The first-order valence-corrected chi connectivity index (χ1v) is 7.98. The quantitative estimate of drug-likeness (QED) is 0.317. The second kappa shape index (κ2) is 9.99. The van der Waals surface area contributed by atoms with Gasteiger partial charge in [-0.2, -0.15) is 0 Å². The van der Waals surface area contributed by atoms with Crippen molar-refractivity contribution < 1.29 is 14.3 Å². The SMILES string of the molecule is CCCCCCCCCCCCC1CC(=O)OC1=O. The fraction of sp³-hybridized carbons (Fsp3) is 0.875. The van der Waals surface area contributed by atoms with Crippen molar-refractivity contribution in [3.05, 3.63) is 0 Å². The molecule has 1 rings (SSSR count). The Hall–Kier alpha value is -0.860. The maximum Gasteiger partial charge on any atom is 0.317 e. The minimum Gasteiger partial charge on any atom is -0.393 e. The van der Waals surface area contributed by atoms with Crippen molar-refractivity contribution in [3.63, 3.8) is 0 Å². The molecule has 0 bridgehead atoms. The largest absolute Gasteiger partial charge is 0.393 e. The Bertz CT molecular complexity index is 273. The van der Waals surface area contributed by atoms with Crippen molar-refractivity contribution in [1.29, 1.82) is 0 Å². The predicted molar refractivity (Wildman–Crippen MR) is 75.7 cm³/mol. The lowest BCUT2D eigenvalue weighted by Crippen LogP contribution is -2.06. The number of esters is 2. The molecule has 3 heteroatoms. The number of hydrogen-bond acceptors (Lipinski definition) is 3. The molecular weight excluding hydrogens is 240 g/mol. The second-order valence-electron chi connectivity index (χ2n) is 5.66. The van der Waals surface area contributed by atoms with Crippen molar-refractivity contribution in [1.82, 2.24) is 0 Å². The van der Waals surface area contributed by atoms with Crippen LogP contribution in [0.15, 0.2) is 0 Å². The number of unbranched alkanes of at least 4 members (excludes halogenated alkanes) is 9. The summed E-state index contributed by atoms with van der Waals surface area (Å²) in [6, 6.07) is 0. The summed E-state index contributed by atoms with van der Waals surface area (Å²) in [7, 11) is 0. The molecule has 1 fully saturated rings. The molecule has 19 heavy (non-hydrogen) atoms. The van der Waals surface area contributed by atoms with Gasteiger partial charge in [0.1, 0.15) is 0 Å². The van der Waals surface area contributed by atoms with Gasteiger partial charge in [0.15, 0.2) is 0 Å². The van der Waals surface area contributed by atoms with Gasteiger partial charge < -0.3 is 4.74 Å². The number of carbonyl (C=O) groups excluding carboxylic acids is 2. The highest BCUT2D eigenvalue weighted by Gasteiger charge is 2.32. The standard InChI is InChI=1S/C16H28O3/c1-2-3-4-5-6-7-8-9-10-11-12-14-13-15(17)19-16(14)18/h14H,2-13H2,1H3. The van der Waals surface area contributed by atoms with Crippen molar-refractivity contribution in [2.24, 2.45) is 5.92 Å². The van der Waals surface area contributed by atoms with Crippen LogP contribution >= 0.6 is 0 Å². The molecular formula is C16H28O3. The fourth-order valence-corrected chi connectivity index (χ4v) is 2.62. The third-order valence-corrected chi connectivity index (χ3v) is 3.87. The van der Waals surface area contributed by atoms with Crippen molar-refractivity contribution >= 4 is 11.9 Å². The van der Waals surface area contributed by atoms with E-state index in [9.17, 15) is 9.59 Å². The van der Waals surface area contributed by atoms with Crippen molar-refractivity contribution in [2.45, 2.75) is 84.0 Å². The molecule has 0 aromatic carbocycles. The summed E-state index contributed by atoms with van der Waals surface area (Å²) in [5.74, 6) is -0.801. The molecule has 1 unspecified atom stereocenters. The first-order chi connectivity index (χ1) is 9.24. The normalized spacial score (nSPS) is 18.9. The number of rotatable bonds is 11. The van der Waals surface area contributed by atoms with Crippen molar-refractivity contribution in [2.75, 3.05) is 0 Å². The van der Waals surface area contributed by atoms with E-state index in [-0.39, 0.29) is 17.9 Å². The molecule has 0 saturated carbocycles. The summed E-state index contributed by atoms with van der Waals surface area (Å²) >= 11 is 0. The molecule has 0 aliphatic carbocycles. The number of hydrogen-bond donors (Lipinski definition) is 0. The molecule has 1 saturated heterocycles. The highest BCUT2D eigenvalue weighted by atomic mass is 16.6. The lowest BCUT2D eigenvalue weighted by atomic mass is 9.99. The minimum atomic E-state index is -0.345. The summed E-state index contributed by atoms with van der Waals surface area (Å²) in [5.41, 5.74) is 0. The molecule has 110 valence electrons. The number of carbonyl (C=O) groups is 2. The van der Waals surface area contributed by atoms with Crippen LogP contribution in [0.5, 0.6) is 0 Å². The number of cyclic esters (lactones) is 2. The van der Waals surface area contributed by atoms with Gasteiger partial charge in [0.25, 0.3) is 0 Å². The molecule has 0 amide bonds. The monoisotopic (exact) mass is 268 g/mol. The smallest absolute Gasteiger partial charge is 0.317 e. The Morgan fingerprint density at radius 3 is 1.89 bits per heavy atom. The van der Waals surface area contributed by atoms with Gasteiger partial charge in [-0.05, 0) is 6.42 Å². The molecule has 1 aliphatic heterocycles. The van der Waals surface area contributed by atoms with E-state index < -0.39 is 0 Å². The molecule has 3 nitrogen and oxygen atoms in total. The van der Waals surface area contributed by atoms with Crippen LogP contribution in [0.3, 0.4) is 0 Å². The van der Waals surface area contributed by atoms with Gasteiger partial charge in [0.2, 0.25) is 0 Å². The Kier molecular flexibility index (Phi) is 8.52. The summed E-state index contributed by atoms with van der Waals surface area (Å²) in [6.45, 7) is 2.24. The Morgan fingerprint density at radius 2 is 1.42 bits per heavy atom. The van der Waals surface area contributed by atoms with E-state index in [4.69, 9.17) is 0 Å². The van der Waals surface area contributed by atoms with Crippen LogP contribution in [0.25, 0.3) is 0 Å². The van der Waals surface area contributed by atoms with E-state index in [2.05, 4.69) is 11.7 Å². The van der Waals surface area contributed by atoms with Crippen LogP contribution in [0.1, 0.15) is 84.0 Å². The summed E-state index contributed by atoms with van der Waals surface area (Å²) in [4.78, 5) is 22.1. The highest BCUT2D eigenvalue weighted by Crippen LogP contribution is 2.22. The van der Waals surface area contributed by atoms with Gasteiger partial charge in [-0.1, -0.05) is 71.1 Å². The molecule has 0 N–H and O–H groups in total. The molecule has 0 radical (unpaired) electrons. The van der Waals surface area contributed by atoms with Crippen LogP contribution in [0.2, 0.25) is 0 Å². The van der Waals surface area contributed by atoms with Crippen LogP contribution in [0.4, 0.5) is 0 Å². The molecule has 1 atom stereocenters. The first kappa shape index (κ1) is 16.2. The Labute approximate surface area is 117 Å². The lowest BCUT2D eigenvalue weighted by molar-refractivity contribution is -0.153.